The van der Waals surface area contributed by atoms with E-state index in [1.165, 1.54) is 7.11 Å². The van der Waals surface area contributed by atoms with E-state index in [9.17, 15) is 4.79 Å². The van der Waals surface area contributed by atoms with Gasteiger partial charge in [-0.3, -0.25) is 4.79 Å². The molecule has 0 aliphatic carbocycles. The van der Waals surface area contributed by atoms with Crippen LogP contribution in [-0.2, 0) is 4.74 Å². The van der Waals surface area contributed by atoms with E-state index < -0.39 is 0 Å². The normalized spacial score (nSPS) is 9.80. The summed E-state index contributed by atoms with van der Waals surface area (Å²) in [6, 6.07) is 5.00. The first-order valence-electron chi connectivity index (χ1n) is 4.14. The number of carbonyl (C=O) groups excluding carboxylic acids is 1. The highest BCUT2D eigenvalue weighted by molar-refractivity contribution is 9.10. The predicted molar refractivity (Wildman–Crippen MR) is 58.9 cm³/mol. The van der Waals surface area contributed by atoms with Crippen molar-refractivity contribution in [3.8, 4) is 5.75 Å². The fourth-order valence-electron chi connectivity index (χ4n) is 1.13. The van der Waals surface area contributed by atoms with Crippen LogP contribution < -0.4 is 4.65 Å². The van der Waals surface area contributed by atoms with E-state index in [2.05, 4.69) is 15.9 Å². The van der Waals surface area contributed by atoms with Crippen LogP contribution in [0.4, 0.5) is 0 Å². The van der Waals surface area contributed by atoms with Crippen molar-refractivity contribution < 1.29 is 19.2 Å². The van der Waals surface area contributed by atoms with Crippen LogP contribution >= 0.6 is 15.9 Å². The fourth-order valence-corrected chi connectivity index (χ4v) is 1.70. The number of carbonyl (C=O) groups is 1. The molecule has 0 spiro atoms. The SMILES string of the molecule is COCC(=O)c1c(Br)cccc1O[B]O. The van der Waals surface area contributed by atoms with E-state index in [0.717, 1.165) is 0 Å². The van der Waals surface area contributed by atoms with Gasteiger partial charge in [-0.25, -0.2) is 0 Å². The van der Waals surface area contributed by atoms with E-state index in [0.29, 0.717) is 17.7 Å². The maximum absolute atomic E-state index is 11.6. The molecule has 0 saturated heterocycles. The van der Waals surface area contributed by atoms with Crippen LogP contribution in [0.1, 0.15) is 10.4 Å². The Hall–Kier alpha value is -0.845. The molecule has 1 radical (unpaired) electrons. The zero-order valence-electron chi connectivity index (χ0n) is 8.07. The van der Waals surface area contributed by atoms with Gasteiger partial charge in [-0.1, -0.05) is 6.07 Å². The van der Waals surface area contributed by atoms with Crippen LogP contribution in [0.2, 0.25) is 0 Å². The molecule has 0 aromatic heterocycles. The molecule has 1 aromatic rings. The number of benzene rings is 1. The van der Waals surface area contributed by atoms with Crippen molar-refractivity contribution in [3.05, 3.63) is 28.2 Å². The van der Waals surface area contributed by atoms with Gasteiger partial charge in [0.25, 0.3) is 0 Å². The second kappa shape index (κ2) is 5.90. The Bertz CT molecular complexity index is 356. The monoisotopic (exact) mass is 271 g/mol. The molecule has 0 heterocycles. The standard InChI is InChI=1S/C9H9BBrO4/c1-14-5-7(12)9-6(11)3-2-4-8(9)15-10-13/h2-4,13H,5H2,1H3. The first kappa shape index (κ1) is 12.2. The summed E-state index contributed by atoms with van der Waals surface area (Å²) in [5.41, 5.74) is 0.352. The van der Waals surface area contributed by atoms with E-state index in [1.807, 2.05) is 0 Å². The molecule has 0 saturated carbocycles. The Kier molecular flexibility index (Phi) is 4.81. The maximum atomic E-state index is 11.6. The molecule has 0 aliphatic heterocycles. The molecule has 4 nitrogen and oxygen atoms in total. The largest absolute Gasteiger partial charge is 0.569 e. The van der Waals surface area contributed by atoms with E-state index in [1.54, 1.807) is 18.2 Å². The van der Waals surface area contributed by atoms with Gasteiger partial charge in [0.05, 0.1) is 5.56 Å². The molecule has 1 rings (SSSR count). The number of hydrogen-bond acceptors (Lipinski definition) is 4. The van der Waals surface area contributed by atoms with Crippen molar-refractivity contribution in [2.24, 2.45) is 0 Å². The highest BCUT2D eigenvalue weighted by Crippen LogP contribution is 2.27. The third kappa shape index (κ3) is 3.05. The van der Waals surface area contributed by atoms with Gasteiger partial charge < -0.3 is 14.4 Å². The molecule has 79 valence electrons. The molecular formula is C9H9BBrO4. The number of hydrogen-bond donors (Lipinski definition) is 1. The summed E-state index contributed by atoms with van der Waals surface area (Å²) in [5, 5.41) is 8.54. The zero-order chi connectivity index (χ0) is 11.3. The minimum Gasteiger partial charge on any atom is -0.537 e. The number of ether oxygens (including phenoxy) is 1. The van der Waals surface area contributed by atoms with Gasteiger partial charge in [0.1, 0.15) is 12.4 Å². The first-order valence-corrected chi connectivity index (χ1v) is 4.93. The molecule has 0 fully saturated rings. The highest BCUT2D eigenvalue weighted by Gasteiger charge is 2.15. The number of methoxy groups -OCH3 is 1. The lowest BCUT2D eigenvalue weighted by Gasteiger charge is -2.09. The molecule has 1 aromatic carbocycles. The molecule has 0 atom stereocenters. The summed E-state index contributed by atoms with van der Waals surface area (Å²) in [7, 11) is 1.97. The van der Waals surface area contributed by atoms with Gasteiger partial charge >= 0.3 is 7.69 Å². The van der Waals surface area contributed by atoms with Crippen LogP contribution in [0.3, 0.4) is 0 Å². The van der Waals surface area contributed by atoms with E-state index >= 15 is 0 Å². The van der Waals surface area contributed by atoms with Crippen molar-refractivity contribution in [1.29, 1.82) is 0 Å². The van der Waals surface area contributed by atoms with Crippen LogP contribution in [0, 0.1) is 0 Å². The van der Waals surface area contributed by atoms with Crippen molar-refractivity contribution in [3.63, 3.8) is 0 Å². The lowest BCUT2D eigenvalue weighted by atomic mass is 10.1. The summed E-state index contributed by atoms with van der Waals surface area (Å²) in [5.74, 6) is 0.0655. The molecule has 6 heteroatoms. The van der Waals surface area contributed by atoms with Crippen molar-refractivity contribution >= 4 is 29.4 Å². The molecule has 0 amide bonds. The summed E-state index contributed by atoms with van der Waals surface area (Å²) in [6.07, 6.45) is 0. The van der Waals surface area contributed by atoms with Crippen LogP contribution in [0.15, 0.2) is 22.7 Å². The summed E-state index contributed by atoms with van der Waals surface area (Å²) in [6.45, 7) is -0.0373. The van der Waals surface area contributed by atoms with Gasteiger partial charge in [0.15, 0.2) is 5.78 Å². The minimum absolute atomic E-state index is 0.0373. The third-order valence-electron chi connectivity index (χ3n) is 1.71. The van der Waals surface area contributed by atoms with E-state index in [4.69, 9.17) is 14.4 Å². The Morgan fingerprint density at radius 1 is 1.60 bits per heavy atom. The first-order chi connectivity index (χ1) is 7.20. The summed E-state index contributed by atoms with van der Waals surface area (Å²) in [4.78, 5) is 11.6. The maximum Gasteiger partial charge on any atom is 0.569 e. The van der Waals surface area contributed by atoms with Crippen LogP contribution in [0.5, 0.6) is 5.75 Å². The minimum atomic E-state index is -0.221. The summed E-state index contributed by atoms with van der Waals surface area (Å²) >= 11 is 3.24. The number of Topliss-reactive ketones (excluding diaryl/α,β-unsaturated/α-hetero) is 1. The molecule has 0 unspecified atom stereocenters. The topological polar surface area (TPSA) is 55.8 Å². The Balaban J connectivity index is 3.06. The van der Waals surface area contributed by atoms with Crippen LogP contribution in [0.25, 0.3) is 0 Å². The zero-order valence-corrected chi connectivity index (χ0v) is 9.65. The summed E-state index contributed by atoms with van der Waals surface area (Å²) < 4.78 is 10.2. The van der Waals surface area contributed by atoms with Crippen molar-refractivity contribution in [1.82, 2.24) is 0 Å². The Labute approximate surface area is 96.6 Å². The number of ketones is 1. The average molecular weight is 272 g/mol. The van der Waals surface area contributed by atoms with Gasteiger partial charge in [-0.05, 0) is 28.1 Å². The van der Waals surface area contributed by atoms with Crippen molar-refractivity contribution in [2.75, 3.05) is 13.7 Å². The lowest BCUT2D eigenvalue weighted by Crippen LogP contribution is -2.11. The molecule has 0 aliphatic rings. The third-order valence-corrected chi connectivity index (χ3v) is 2.37. The molecule has 0 bridgehead atoms. The Morgan fingerprint density at radius 3 is 2.93 bits per heavy atom. The number of rotatable bonds is 5. The quantitative estimate of drug-likeness (QED) is 0.646. The smallest absolute Gasteiger partial charge is 0.537 e. The van der Waals surface area contributed by atoms with Crippen molar-refractivity contribution in [2.45, 2.75) is 0 Å². The van der Waals surface area contributed by atoms with E-state index in [-0.39, 0.29) is 18.1 Å². The second-order valence-corrected chi connectivity index (χ2v) is 3.55. The van der Waals surface area contributed by atoms with Gasteiger partial charge in [0, 0.05) is 11.6 Å². The molecule has 1 N–H and O–H groups in total. The van der Waals surface area contributed by atoms with Crippen LogP contribution in [-0.4, -0.2) is 32.2 Å². The van der Waals surface area contributed by atoms with Gasteiger partial charge in [-0.15, -0.1) is 0 Å². The highest BCUT2D eigenvalue weighted by atomic mass is 79.9. The Morgan fingerprint density at radius 2 is 2.33 bits per heavy atom. The second-order valence-electron chi connectivity index (χ2n) is 2.69. The predicted octanol–water partition coefficient (Wildman–Crippen LogP) is 1.18. The molecular weight excluding hydrogens is 263 g/mol. The van der Waals surface area contributed by atoms with Gasteiger partial charge in [0.2, 0.25) is 0 Å². The van der Waals surface area contributed by atoms with Gasteiger partial charge in [-0.2, -0.15) is 0 Å². The fraction of sp³-hybridized carbons (Fsp3) is 0.222. The number of halogens is 1. The average Bonchev–Trinajstić information content (AvgIpc) is 2.18. The lowest BCUT2D eigenvalue weighted by molar-refractivity contribution is 0.0845. The molecule has 15 heavy (non-hydrogen) atoms.